The van der Waals surface area contributed by atoms with Gasteiger partial charge in [-0.3, -0.25) is 14.5 Å². The third-order valence-corrected chi connectivity index (χ3v) is 5.13. The summed E-state index contributed by atoms with van der Waals surface area (Å²) >= 11 is 0. The molecule has 1 aliphatic heterocycles. The molecular weight excluding hydrogens is 338 g/mol. The van der Waals surface area contributed by atoms with Gasteiger partial charge in [0.1, 0.15) is 0 Å². The van der Waals surface area contributed by atoms with Crippen molar-refractivity contribution in [2.24, 2.45) is 11.7 Å². The highest BCUT2D eigenvalue weighted by atomic mass is 16.2. The minimum absolute atomic E-state index is 0.0545. The second kappa shape index (κ2) is 9.33. The van der Waals surface area contributed by atoms with E-state index in [9.17, 15) is 9.59 Å². The lowest BCUT2D eigenvalue weighted by Crippen LogP contribution is -2.44. The van der Waals surface area contributed by atoms with E-state index in [1.54, 1.807) is 0 Å². The van der Waals surface area contributed by atoms with Crippen molar-refractivity contribution in [3.63, 3.8) is 0 Å². The zero-order chi connectivity index (χ0) is 19.1. The third-order valence-electron chi connectivity index (χ3n) is 5.13. The van der Waals surface area contributed by atoms with E-state index in [2.05, 4.69) is 4.90 Å². The number of carbonyl (C=O) groups is 2. The Morgan fingerprint density at radius 3 is 1.81 bits per heavy atom. The van der Waals surface area contributed by atoms with E-state index in [-0.39, 0.29) is 17.7 Å². The molecule has 5 heteroatoms. The first-order chi connectivity index (χ1) is 13.1. The van der Waals surface area contributed by atoms with Gasteiger partial charge in [-0.25, -0.2) is 0 Å². The van der Waals surface area contributed by atoms with E-state index < -0.39 is 0 Å². The average Bonchev–Trinajstić information content (AvgIpc) is 2.69. The number of hydrogen-bond donors (Lipinski definition) is 1. The Morgan fingerprint density at radius 1 is 0.889 bits per heavy atom. The highest BCUT2D eigenvalue weighted by molar-refractivity contribution is 5.79. The Kier molecular flexibility index (Phi) is 6.60. The topological polar surface area (TPSA) is 66.6 Å². The molecule has 142 valence electrons. The molecule has 0 unspecified atom stereocenters. The number of carbonyl (C=O) groups excluding carboxylic acids is 2. The summed E-state index contributed by atoms with van der Waals surface area (Å²) in [6.45, 7) is 3.04. The first-order valence-corrected chi connectivity index (χ1v) is 9.49. The lowest BCUT2D eigenvalue weighted by molar-refractivity contribution is -0.134. The number of likely N-dealkylation sites (tertiary alicyclic amines) is 1. The summed E-state index contributed by atoms with van der Waals surface area (Å²) in [6.07, 6.45) is 1.47. The molecule has 3 rings (SSSR count). The maximum atomic E-state index is 13.0. The Balaban J connectivity index is 1.64. The number of nitrogens with zero attached hydrogens (tertiary/aromatic N) is 2. The van der Waals surface area contributed by atoms with Crippen molar-refractivity contribution in [3.05, 3.63) is 71.8 Å². The summed E-state index contributed by atoms with van der Waals surface area (Å²) in [5.41, 5.74) is 7.64. The van der Waals surface area contributed by atoms with Crippen molar-refractivity contribution in [2.45, 2.75) is 25.9 Å². The molecule has 0 atom stereocenters. The van der Waals surface area contributed by atoms with Gasteiger partial charge < -0.3 is 10.6 Å². The number of amides is 2. The van der Waals surface area contributed by atoms with E-state index in [1.165, 1.54) is 0 Å². The summed E-state index contributed by atoms with van der Waals surface area (Å²) < 4.78 is 0. The number of benzene rings is 2. The number of nitrogens with two attached hydrogens (primary N) is 1. The Bertz CT molecular complexity index is 699. The molecule has 0 spiro atoms. The van der Waals surface area contributed by atoms with Gasteiger partial charge in [0.2, 0.25) is 11.8 Å². The molecule has 2 aromatic carbocycles. The second-order valence-corrected chi connectivity index (χ2v) is 7.17. The minimum Gasteiger partial charge on any atom is -0.369 e. The van der Waals surface area contributed by atoms with Gasteiger partial charge in [-0.2, -0.15) is 0 Å². The lowest BCUT2D eigenvalue weighted by Gasteiger charge is -2.32. The number of rotatable bonds is 7. The highest BCUT2D eigenvalue weighted by Gasteiger charge is 2.25. The second-order valence-electron chi connectivity index (χ2n) is 7.17. The van der Waals surface area contributed by atoms with Gasteiger partial charge in [0.15, 0.2) is 0 Å². The summed E-state index contributed by atoms with van der Waals surface area (Å²) in [6, 6.07) is 20.1. The molecule has 0 saturated carbocycles. The molecule has 0 aliphatic carbocycles. The fourth-order valence-electron chi connectivity index (χ4n) is 3.51. The lowest BCUT2D eigenvalue weighted by atomic mass is 9.96. The molecule has 27 heavy (non-hydrogen) atoms. The first kappa shape index (κ1) is 19.1. The molecule has 0 bridgehead atoms. The monoisotopic (exact) mass is 365 g/mol. The molecule has 1 aliphatic rings. The van der Waals surface area contributed by atoms with Gasteiger partial charge in [-0.15, -0.1) is 0 Å². The fraction of sp³-hybridized carbons (Fsp3) is 0.364. The van der Waals surface area contributed by atoms with Crippen LogP contribution in [0.5, 0.6) is 0 Å². The van der Waals surface area contributed by atoms with Crippen LogP contribution >= 0.6 is 0 Å². The van der Waals surface area contributed by atoms with Crippen LogP contribution in [0.4, 0.5) is 0 Å². The maximum absolute atomic E-state index is 13.0. The average molecular weight is 365 g/mol. The highest BCUT2D eigenvalue weighted by Crippen LogP contribution is 2.17. The van der Waals surface area contributed by atoms with Crippen LogP contribution in [0, 0.1) is 5.92 Å². The predicted octanol–water partition coefficient (Wildman–Crippen LogP) is 2.41. The van der Waals surface area contributed by atoms with Crippen LogP contribution < -0.4 is 5.73 Å². The van der Waals surface area contributed by atoms with Crippen LogP contribution in [0.15, 0.2) is 60.7 Å². The molecule has 2 aromatic rings. The molecule has 1 heterocycles. The van der Waals surface area contributed by atoms with Crippen LogP contribution in [0.2, 0.25) is 0 Å². The molecule has 5 nitrogen and oxygen atoms in total. The van der Waals surface area contributed by atoms with Crippen molar-refractivity contribution >= 4 is 11.8 Å². The summed E-state index contributed by atoms with van der Waals surface area (Å²) in [5, 5.41) is 0. The SMILES string of the molecule is NC(=O)C1CCN(CC(=O)N(Cc2ccccc2)Cc2ccccc2)CC1. The van der Waals surface area contributed by atoms with E-state index >= 15 is 0 Å². The quantitative estimate of drug-likeness (QED) is 0.819. The van der Waals surface area contributed by atoms with Crippen LogP contribution in [-0.2, 0) is 22.7 Å². The molecule has 1 fully saturated rings. The van der Waals surface area contributed by atoms with E-state index in [0.29, 0.717) is 19.6 Å². The number of piperidine rings is 1. The van der Waals surface area contributed by atoms with Crippen LogP contribution in [0.25, 0.3) is 0 Å². The largest absolute Gasteiger partial charge is 0.369 e. The van der Waals surface area contributed by atoms with E-state index in [0.717, 1.165) is 37.1 Å². The number of hydrogen-bond acceptors (Lipinski definition) is 3. The molecule has 2 N–H and O–H groups in total. The predicted molar refractivity (Wildman–Crippen MR) is 105 cm³/mol. The van der Waals surface area contributed by atoms with Crippen LogP contribution in [0.1, 0.15) is 24.0 Å². The zero-order valence-corrected chi connectivity index (χ0v) is 15.6. The molecule has 2 amide bonds. The van der Waals surface area contributed by atoms with Gasteiger partial charge in [0.25, 0.3) is 0 Å². The van der Waals surface area contributed by atoms with Crippen LogP contribution in [-0.4, -0.2) is 41.2 Å². The summed E-state index contributed by atoms with van der Waals surface area (Å²) in [5.74, 6) is -0.169. The standard InChI is InChI=1S/C22H27N3O2/c23-22(27)20-11-13-24(14-12-20)17-21(26)25(15-18-7-3-1-4-8-18)16-19-9-5-2-6-10-19/h1-10,20H,11-17H2,(H2,23,27). The van der Waals surface area contributed by atoms with E-state index in [4.69, 9.17) is 5.73 Å². The maximum Gasteiger partial charge on any atom is 0.237 e. The smallest absolute Gasteiger partial charge is 0.237 e. The Morgan fingerprint density at radius 2 is 1.37 bits per heavy atom. The van der Waals surface area contributed by atoms with Crippen molar-refractivity contribution < 1.29 is 9.59 Å². The molecule has 1 saturated heterocycles. The van der Waals surface area contributed by atoms with Crippen molar-refractivity contribution in [1.29, 1.82) is 0 Å². The van der Waals surface area contributed by atoms with Gasteiger partial charge in [-0.05, 0) is 37.1 Å². The Hall–Kier alpha value is -2.66. The van der Waals surface area contributed by atoms with Crippen molar-refractivity contribution in [3.8, 4) is 0 Å². The van der Waals surface area contributed by atoms with Gasteiger partial charge >= 0.3 is 0 Å². The van der Waals surface area contributed by atoms with Crippen molar-refractivity contribution in [2.75, 3.05) is 19.6 Å². The summed E-state index contributed by atoms with van der Waals surface area (Å²) in [4.78, 5) is 28.4. The Labute approximate surface area is 160 Å². The normalized spacial score (nSPS) is 15.4. The van der Waals surface area contributed by atoms with Crippen LogP contribution in [0.3, 0.4) is 0 Å². The molecule has 0 aromatic heterocycles. The van der Waals surface area contributed by atoms with Gasteiger partial charge in [0.05, 0.1) is 6.54 Å². The van der Waals surface area contributed by atoms with Gasteiger partial charge in [-0.1, -0.05) is 60.7 Å². The molecule has 0 radical (unpaired) electrons. The fourth-order valence-corrected chi connectivity index (χ4v) is 3.51. The zero-order valence-electron chi connectivity index (χ0n) is 15.6. The first-order valence-electron chi connectivity index (χ1n) is 9.49. The molecular formula is C22H27N3O2. The van der Waals surface area contributed by atoms with Crippen molar-refractivity contribution in [1.82, 2.24) is 9.80 Å². The minimum atomic E-state index is -0.226. The summed E-state index contributed by atoms with van der Waals surface area (Å²) in [7, 11) is 0. The van der Waals surface area contributed by atoms with Gasteiger partial charge in [0, 0.05) is 19.0 Å². The third kappa shape index (κ3) is 5.66. The van der Waals surface area contributed by atoms with E-state index in [1.807, 2.05) is 65.6 Å². The number of primary amides is 1.